The Bertz CT molecular complexity index is 322. The number of thioether (sulfide) groups is 1. The van der Waals surface area contributed by atoms with Gasteiger partial charge in [-0.2, -0.15) is 11.8 Å². The van der Waals surface area contributed by atoms with Crippen LogP contribution in [0.2, 0.25) is 0 Å². The molecule has 1 saturated carbocycles. The molecular formula is C17H33NO2S. The van der Waals surface area contributed by atoms with Gasteiger partial charge in [0.05, 0.1) is 6.61 Å². The van der Waals surface area contributed by atoms with Gasteiger partial charge in [-0.05, 0) is 50.3 Å². The van der Waals surface area contributed by atoms with Gasteiger partial charge < -0.3 is 10.1 Å². The molecule has 0 amide bonds. The molecule has 124 valence electrons. The first kappa shape index (κ1) is 18.8. The summed E-state index contributed by atoms with van der Waals surface area (Å²) in [5.74, 6) is 2.23. The summed E-state index contributed by atoms with van der Waals surface area (Å²) in [6, 6.07) is 0. The number of carbonyl (C=O) groups excluding carboxylic acids is 1. The summed E-state index contributed by atoms with van der Waals surface area (Å²) in [6.07, 6.45) is 4.30. The summed E-state index contributed by atoms with van der Waals surface area (Å²) in [5, 5.41) is 4.15. The Morgan fingerprint density at radius 3 is 2.67 bits per heavy atom. The Morgan fingerprint density at radius 1 is 1.38 bits per heavy atom. The summed E-state index contributed by atoms with van der Waals surface area (Å²) < 4.78 is 5.37. The fraction of sp³-hybridized carbons (Fsp3) is 0.941. The number of hydrogen-bond acceptors (Lipinski definition) is 4. The van der Waals surface area contributed by atoms with Crippen molar-refractivity contribution in [3.05, 3.63) is 0 Å². The predicted molar refractivity (Wildman–Crippen MR) is 91.8 cm³/mol. The highest BCUT2D eigenvalue weighted by atomic mass is 32.2. The maximum absolute atomic E-state index is 12.5. The maximum atomic E-state index is 12.5. The van der Waals surface area contributed by atoms with Crippen LogP contribution in [0, 0.1) is 11.8 Å². The van der Waals surface area contributed by atoms with Crippen LogP contribution in [0.3, 0.4) is 0 Å². The number of ether oxygens (including phenoxy) is 1. The Hall–Kier alpha value is -0.220. The second-order valence-electron chi connectivity index (χ2n) is 6.42. The van der Waals surface area contributed by atoms with Crippen LogP contribution in [0.5, 0.6) is 0 Å². The summed E-state index contributed by atoms with van der Waals surface area (Å²) in [6.45, 7) is 12.1. The van der Waals surface area contributed by atoms with Gasteiger partial charge in [0.15, 0.2) is 0 Å². The lowest BCUT2D eigenvalue weighted by atomic mass is 9.85. The molecule has 1 N–H and O–H groups in total. The first-order chi connectivity index (χ1) is 9.97. The second kappa shape index (κ2) is 9.04. The van der Waals surface area contributed by atoms with Crippen LogP contribution in [0.1, 0.15) is 60.3 Å². The average Bonchev–Trinajstić information content (AvgIpc) is 2.83. The first-order valence-corrected chi connectivity index (χ1v) is 9.56. The van der Waals surface area contributed by atoms with Crippen molar-refractivity contribution in [2.24, 2.45) is 11.8 Å². The van der Waals surface area contributed by atoms with E-state index in [1.54, 1.807) is 0 Å². The highest BCUT2D eigenvalue weighted by Crippen LogP contribution is 2.40. The Morgan fingerprint density at radius 2 is 2.10 bits per heavy atom. The largest absolute Gasteiger partial charge is 0.465 e. The zero-order chi connectivity index (χ0) is 15.9. The van der Waals surface area contributed by atoms with Crippen molar-refractivity contribution in [1.82, 2.24) is 5.32 Å². The van der Waals surface area contributed by atoms with Crippen LogP contribution < -0.4 is 5.32 Å². The van der Waals surface area contributed by atoms with Crippen molar-refractivity contribution >= 4 is 17.7 Å². The molecule has 0 aliphatic heterocycles. The molecule has 4 heteroatoms. The second-order valence-corrected chi connectivity index (χ2v) is 7.91. The molecule has 1 fully saturated rings. The zero-order valence-electron chi connectivity index (χ0n) is 14.4. The van der Waals surface area contributed by atoms with Crippen LogP contribution >= 0.6 is 11.8 Å². The van der Waals surface area contributed by atoms with Gasteiger partial charge in [0.2, 0.25) is 0 Å². The smallest absolute Gasteiger partial charge is 0.326 e. The van der Waals surface area contributed by atoms with Crippen molar-refractivity contribution in [3.8, 4) is 0 Å². The fourth-order valence-electron chi connectivity index (χ4n) is 3.21. The van der Waals surface area contributed by atoms with E-state index in [0.29, 0.717) is 23.7 Å². The summed E-state index contributed by atoms with van der Waals surface area (Å²) in [5.41, 5.74) is -0.424. The molecule has 1 rings (SSSR count). The van der Waals surface area contributed by atoms with E-state index in [4.69, 9.17) is 4.74 Å². The molecule has 0 spiro atoms. The van der Waals surface area contributed by atoms with E-state index in [1.807, 2.05) is 18.7 Å². The molecule has 3 atom stereocenters. The lowest BCUT2D eigenvalue weighted by molar-refractivity contribution is -0.153. The van der Waals surface area contributed by atoms with E-state index in [2.05, 4.69) is 33.0 Å². The monoisotopic (exact) mass is 315 g/mol. The van der Waals surface area contributed by atoms with E-state index >= 15 is 0 Å². The summed E-state index contributed by atoms with van der Waals surface area (Å²) in [4.78, 5) is 12.5. The first-order valence-electron chi connectivity index (χ1n) is 8.51. The van der Waals surface area contributed by atoms with Crippen LogP contribution in [-0.2, 0) is 9.53 Å². The molecule has 0 aromatic carbocycles. The minimum Gasteiger partial charge on any atom is -0.465 e. The molecule has 0 radical (unpaired) electrons. The number of rotatable bonds is 9. The zero-order valence-corrected chi connectivity index (χ0v) is 15.2. The molecule has 3 nitrogen and oxygen atoms in total. The van der Waals surface area contributed by atoms with Gasteiger partial charge in [0, 0.05) is 5.25 Å². The molecule has 1 aliphatic carbocycles. The maximum Gasteiger partial charge on any atom is 0.326 e. The topological polar surface area (TPSA) is 38.3 Å². The van der Waals surface area contributed by atoms with Gasteiger partial charge in [-0.15, -0.1) is 0 Å². The van der Waals surface area contributed by atoms with E-state index in [9.17, 15) is 4.79 Å². The molecule has 0 aromatic rings. The molecule has 0 aromatic heterocycles. The third kappa shape index (κ3) is 4.88. The Kier molecular flexibility index (Phi) is 8.10. The van der Waals surface area contributed by atoms with Gasteiger partial charge in [0.25, 0.3) is 0 Å². The van der Waals surface area contributed by atoms with Gasteiger partial charge in [-0.1, -0.05) is 34.1 Å². The molecule has 0 bridgehead atoms. The van der Waals surface area contributed by atoms with Crippen molar-refractivity contribution in [1.29, 1.82) is 0 Å². The van der Waals surface area contributed by atoms with E-state index in [0.717, 1.165) is 38.0 Å². The molecule has 3 unspecified atom stereocenters. The standard InChI is InChI=1S/C17H33NO2S/c1-6-18-17(16(19)20-7-2)11-8-9-15(17)10-12-21-14(5)13(3)4/h13-15,18H,6-12H2,1-5H3. The van der Waals surface area contributed by atoms with Crippen molar-refractivity contribution in [3.63, 3.8) is 0 Å². The molecule has 21 heavy (non-hydrogen) atoms. The van der Waals surface area contributed by atoms with Crippen LogP contribution in [-0.4, -0.2) is 35.7 Å². The normalized spacial score (nSPS) is 27.0. The Balaban J connectivity index is 2.63. The SMILES string of the molecule is CCNC1(C(=O)OCC)CCCC1CCSC(C)C(C)C. The quantitative estimate of drug-likeness (QED) is 0.656. The highest BCUT2D eigenvalue weighted by Gasteiger charge is 2.49. The van der Waals surface area contributed by atoms with Gasteiger partial charge in [0.1, 0.15) is 5.54 Å². The minimum atomic E-state index is -0.424. The fourth-order valence-corrected chi connectivity index (χ4v) is 4.38. The summed E-state index contributed by atoms with van der Waals surface area (Å²) in [7, 11) is 0. The van der Waals surface area contributed by atoms with Crippen LogP contribution in [0.4, 0.5) is 0 Å². The number of nitrogens with one attached hydrogen (secondary N) is 1. The third-order valence-electron chi connectivity index (χ3n) is 4.74. The molecule has 1 aliphatic rings. The van der Waals surface area contributed by atoms with E-state index < -0.39 is 5.54 Å². The minimum absolute atomic E-state index is 0.0312. The van der Waals surface area contributed by atoms with Gasteiger partial charge in [-0.3, -0.25) is 4.79 Å². The molecular weight excluding hydrogens is 282 g/mol. The molecule has 0 heterocycles. The average molecular weight is 316 g/mol. The number of hydrogen-bond donors (Lipinski definition) is 1. The van der Waals surface area contributed by atoms with E-state index in [-0.39, 0.29) is 5.97 Å². The molecule has 0 saturated heterocycles. The van der Waals surface area contributed by atoms with E-state index in [1.165, 1.54) is 0 Å². The highest BCUT2D eigenvalue weighted by molar-refractivity contribution is 7.99. The number of carbonyl (C=O) groups is 1. The lowest BCUT2D eigenvalue weighted by Crippen LogP contribution is -2.55. The van der Waals surface area contributed by atoms with Crippen molar-refractivity contribution in [2.45, 2.75) is 71.1 Å². The van der Waals surface area contributed by atoms with Crippen LogP contribution in [0.25, 0.3) is 0 Å². The van der Waals surface area contributed by atoms with Gasteiger partial charge >= 0.3 is 5.97 Å². The number of esters is 1. The van der Waals surface area contributed by atoms with Gasteiger partial charge in [-0.25, -0.2) is 0 Å². The number of likely N-dealkylation sites (N-methyl/N-ethyl adjacent to an activating group) is 1. The predicted octanol–water partition coefficient (Wildman–Crippen LogP) is 3.87. The third-order valence-corrected chi connectivity index (χ3v) is 6.28. The van der Waals surface area contributed by atoms with Crippen molar-refractivity contribution in [2.75, 3.05) is 18.9 Å². The lowest BCUT2D eigenvalue weighted by Gasteiger charge is -2.34. The Labute approximate surface area is 135 Å². The van der Waals surface area contributed by atoms with Crippen molar-refractivity contribution < 1.29 is 9.53 Å². The summed E-state index contributed by atoms with van der Waals surface area (Å²) >= 11 is 2.04. The van der Waals surface area contributed by atoms with Crippen LogP contribution in [0.15, 0.2) is 0 Å².